The summed E-state index contributed by atoms with van der Waals surface area (Å²) in [6, 6.07) is 0.375. The number of hydrogen-bond donors (Lipinski definition) is 2. The van der Waals surface area contributed by atoms with Crippen LogP contribution in [0.3, 0.4) is 0 Å². The molecule has 0 spiro atoms. The molecule has 0 heterocycles. The minimum Gasteiger partial charge on any atom is -0.327 e. The van der Waals surface area contributed by atoms with E-state index in [0.29, 0.717) is 0 Å². The number of hydrogen-bond acceptors (Lipinski definition) is 2. The Balaban J connectivity index is 2.20. The smallest absolute Gasteiger partial charge is 0.0192 e. The molecule has 0 aromatic rings. The average molecular weight is 170 g/mol. The lowest BCUT2D eigenvalue weighted by molar-refractivity contribution is 0.306. The molecule has 0 aromatic carbocycles. The van der Waals surface area contributed by atoms with Crippen molar-refractivity contribution in [3.63, 3.8) is 0 Å². The Bertz CT molecular complexity index is 117. The zero-order valence-corrected chi connectivity index (χ0v) is 8.13. The second-order valence-corrected chi connectivity index (χ2v) is 4.26. The van der Waals surface area contributed by atoms with Crippen LogP contribution >= 0.6 is 0 Å². The normalized spacial score (nSPS) is 25.2. The lowest BCUT2D eigenvalue weighted by Crippen LogP contribution is -2.40. The second kappa shape index (κ2) is 4.83. The van der Waals surface area contributed by atoms with Crippen LogP contribution in [0.2, 0.25) is 0 Å². The molecule has 12 heavy (non-hydrogen) atoms. The van der Waals surface area contributed by atoms with E-state index in [4.69, 9.17) is 11.5 Å². The van der Waals surface area contributed by atoms with Gasteiger partial charge >= 0.3 is 0 Å². The lowest BCUT2D eigenvalue weighted by atomic mass is 9.84. The van der Waals surface area contributed by atoms with Gasteiger partial charge in [-0.3, -0.25) is 0 Å². The van der Waals surface area contributed by atoms with Gasteiger partial charge in [-0.1, -0.05) is 32.1 Å². The van der Waals surface area contributed by atoms with E-state index in [1.807, 2.05) is 6.92 Å². The Morgan fingerprint density at radius 1 is 1.17 bits per heavy atom. The van der Waals surface area contributed by atoms with Gasteiger partial charge in [0.15, 0.2) is 0 Å². The van der Waals surface area contributed by atoms with Crippen molar-refractivity contribution in [3.05, 3.63) is 0 Å². The van der Waals surface area contributed by atoms with Crippen LogP contribution in [0.5, 0.6) is 0 Å². The van der Waals surface area contributed by atoms with Gasteiger partial charge in [-0.25, -0.2) is 0 Å². The van der Waals surface area contributed by atoms with E-state index >= 15 is 0 Å². The summed E-state index contributed by atoms with van der Waals surface area (Å²) >= 11 is 0. The van der Waals surface area contributed by atoms with Crippen LogP contribution in [0.25, 0.3) is 0 Å². The van der Waals surface area contributed by atoms with E-state index in [0.717, 1.165) is 12.3 Å². The highest BCUT2D eigenvalue weighted by molar-refractivity contribution is 4.77. The third-order valence-electron chi connectivity index (χ3n) is 3.01. The van der Waals surface area contributed by atoms with Gasteiger partial charge in [-0.15, -0.1) is 0 Å². The van der Waals surface area contributed by atoms with Gasteiger partial charge in [0.1, 0.15) is 0 Å². The van der Waals surface area contributed by atoms with E-state index in [2.05, 4.69) is 0 Å². The molecule has 4 N–H and O–H groups in total. The third-order valence-corrected chi connectivity index (χ3v) is 3.01. The Kier molecular flexibility index (Phi) is 4.02. The van der Waals surface area contributed by atoms with Gasteiger partial charge in [0, 0.05) is 12.1 Å². The predicted molar refractivity (Wildman–Crippen MR) is 52.8 cm³/mol. The summed E-state index contributed by atoms with van der Waals surface area (Å²) in [6.07, 6.45) is 8.11. The summed E-state index contributed by atoms with van der Waals surface area (Å²) in [4.78, 5) is 0. The quantitative estimate of drug-likeness (QED) is 0.676. The van der Waals surface area contributed by atoms with Gasteiger partial charge in [0.25, 0.3) is 0 Å². The van der Waals surface area contributed by atoms with Crippen molar-refractivity contribution in [1.82, 2.24) is 0 Å². The highest BCUT2D eigenvalue weighted by Crippen LogP contribution is 2.27. The van der Waals surface area contributed by atoms with Gasteiger partial charge in [0.05, 0.1) is 0 Å². The largest absolute Gasteiger partial charge is 0.327 e. The molecule has 1 aliphatic rings. The molecule has 72 valence electrons. The average Bonchev–Trinajstić information content (AvgIpc) is 2.06. The van der Waals surface area contributed by atoms with Crippen LogP contribution in [-0.2, 0) is 0 Å². The fourth-order valence-electron chi connectivity index (χ4n) is 2.02. The van der Waals surface area contributed by atoms with Crippen molar-refractivity contribution in [2.24, 2.45) is 17.4 Å². The maximum atomic E-state index is 5.92. The Hall–Kier alpha value is -0.0800. The molecule has 0 amide bonds. The third kappa shape index (κ3) is 3.11. The minimum absolute atomic E-state index is 0.159. The number of rotatable bonds is 3. The summed E-state index contributed by atoms with van der Waals surface area (Å²) in [5, 5.41) is 0. The maximum Gasteiger partial charge on any atom is 0.0192 e. The van der Waals surface area contributed by atoms with Gasteiger partial charge in [-0.2, -0.15) is 0 Å². The second-order valence-electron chi connectivity index (χ2n) is 4.26. The van der Waals surface area contributed by atoms with Crippen LogP contribution in [0, 0.1) is 5.92 Å². The van der Waals surface area contributed by atoms with E-state index in [9.17, 15) is 0 Å². The van der Waals surface area contributed by atoms with Crippen LogP contribution < -0.4 is 11.5 Å². The highest BCUT2D eigenvalue weighted by Gasteiger charge is 2.18. The molecule has 2 atom stereocenters. The summed E-state index contributed by atoms with van der Waals surface area (Å²) in [5.41, 5.74) is 11.7. The highest BCUT2D eigenvalue weighted by atomic mass is 14.8. The van der Waals surface area contributed by atoms with E-state index < -0.39 is 0 Å². The lowest BCUT2D eigenvalue weighted by Gasteiger charge is -2.26. The molecule has 0 aromatic heterocycles. The van der Waals surface area contributed by atoms with Crippen LogP contribution in [0.4, 0.5) is 0 Å². The van der Waals surface area contributed by atoms with Gasteiger partial charge < -0.3 is 11.5 Å². The van der Waals surface area contributed by atoms with E-state index in [-0.39, 0.29) is 12.1 Å². The SMILES string of the molecule is CC(N)C(N)CC1CCCCC1. The molecule has 2 nitrogen and oxygen atoms in total. The standard InChI is InChI=1S/C10H22N2/c1-8(11)10(12)7-9-5-3-2-4-6-9/h8-10H,2-7,11-12H2,1H3. The molecular weight excluding hydrogens is 148 g/mol. The molecule has 2 heteroatoms. The maximum absolute atomic E-state index is 5.92. The zero-order chi connectivity index (χ0) is 8.97. The minimum atomic E-state index is 0.159. The van der Waals surface area contributed by atoms with Crippen LogP contribution in [0.1, 0.15) is 45.4 Å². The fourth-order valence-corrected chi connectivity index (χ4v) is 2.02. The zero-order valence-electron chi connectivity index (χ0n) is 8.13. The first kappa shape index (κ1) is 10.0. The topological polar surface area (TPSA) is 52.0 Å². The molecule has 0 aliphatic heterocycles. The summed E-state index contributed by atoms with van der Waals surface area (Å²) < 4.78 is 0. The van der Waals surface area contributed by atoms with E-state index in [1.54, 1.807) is 0 Å². The Morgan fingerprint density at radius 3 is 2.25 bits per heavy atom. The van der Waals surface area contributed by atoms with Crippen molar-refractivity contribution in [2.75, 3.05) is 0 Å². The van der Waals surface area contributed by atoms with Crippen molar-refractivity contribution < 1.29 is 0 Å². The fraction of sp³-hybridized carbons (Fsp3) is 1.00. The van der Waals surface area contributed by atoms with Crippen molar-refractivity contribution in [1.29, 1.82) is 0 Å². The van der Waals surface area contributed by atoms with Crippen molar-refractivity contribution in [3.8, 4) is 0 Å². The van der Waals surface area contributed by atoms with Crippen molar-refractivity contribution in [2.45, 2.75) is 57.5 Å². The van der Waals surface area contributed by atoms with Crippen LogP contribution in [0.15, 0.2) is 0 Å². The monoisotopic (exact) mass is 170 g/mol. The molecule has 1 rings (SSSR count). The molecule has 1 aliphatic carbocycles. The first-order chi connectivity index (χ1) is 5.70. The number of nitrogens with two attached hydrogens (primary N) is 2. The molecule has 0 saturated heterocycles. The van der Waals surface area contributed by atoms with Crippen molar-refractivity contribution >= 4 is 0 Å². The predicted octanol–water partition coefficient (Wildman–Crippen LogP) is 1.63. The molecule has 1 saturated carbocycles. The van der Waals surface area contributed by atoms with Gasteiger partial charge in [-0.05, 0) is 19.3 Å². The first-order valence-electron chi connectivity index (χ1n) is 5.21. The van der Waals surface area contributed by atoms with Gasteiger partial charge in [0.2, 0.25) is 0 Å². The Morgan fingerprint density at radius 2 is 1.75 bits per heavy atom. The summed E-state index contributed by atoms with van der Waals surface area (Å²) in [5.74, 6) is 0.861. The summed E-state index contributed by atoms with van der Waals surface area (Å²) in [7, 11) is 0. The molecular formula is C10H22N2. The molecule has 2 unspecified atom stereocenters. The van der Waals surface area contributed by atoms with E-state index in [1.165, 1.54) is 32.1 Å². The first-order valence-corrected chi connectivity index (χ1v) is 5.21. The molecule has 0 radical (unpaired) electrons. The Labute approximate surface area is 75.7 Å². The summed E-state index contributed by atoms with van der Waals surface area (Å²) in [6.45, 7) is 2.01. The van der Waals surface area contributed by atoms with Crippen LogP contribution in [-0.4, -0.2) is 12.1 Å². The molecule has 1 fully saturated rings. The molecule has 0 bridgehead atoms.